The highest BCUT2D eigenvalue weighted by Gasteiger charge is 2.31. The summed E-state index contributed by atoms with van der Waals surface area (Å²) in [4.78, 5) is 16.6. The summed E-state index contributed by atoms with van der Waals surface area (Å²) in [6.07, 6.45) is 0. The molecule has 0 radical (unpaired) electrons. The van der Waals surface area contributed by atoms with Crippen molar-refractivity contribution in [2.75, 3.05) is 6.61 Å². The summed E-state index contributed by atoms with van der Waals surface area (Å²) < 4.78 is 17.7. The summed E-state index contributed by atoms with van der Waals surface area (Å²) in [5.41, 5.74) is 1.87. The molecule has 7 heteroatoms. The van der Waals surface area contributed by atoms with Crippen LogP contribution < -0.4 is 10.1 Å². The number of rotatable bonds is 9. The molecule has 0 atom stereocenters. The topological polar surface area (TPSA) is 73.6 Å². The molecule has 164 valence electrons. The van der Waals surface area contributed by atoms with E-state index in [2.05, 4.69) is 26.2 Å². The normalized spacial score (nSPS) is 11.4. The van der Waals surface area contributed by atoms with E-state index in [1.165, 1.54) is 0 Å². The molecule has 31 heavy (non-hydrogen) atoms. The zero-order chi connectivity index (χ0) is 22.4. The SMILES string of the molecule is CCOC(=O)C(C)(C)Oc1ccc(CNCc2nc(-c3cccc(Br)c3)oc2C)cc1. The minimum atomic E-state index is -1.04. The van der Waals surface area contributed by atoms with Gasteiger partial charge in [0.15, 0.2) is 5.60 Å². The van der Waals surface area contributed by atoms with Crippen LogP contribution in [0.15, 0.2) is 57.4 Å². The van der Waals surface area contributed by atoms with Gasteiger partial charge in [0.2, 0.25) is 5.89 Å². The molecule has 3 rings (SSSR count). The predicted molar refractivity (Wildman–Crippen MR) is 123 cm³/mol. The van der Waals surface area contributed by atoms with Crippen molar-refractivity contribution in [3.05, 3.63) is 70.0 Å². The molecule has 0 amide bonds. The number of halogens is 1. The zero-order valence-corrected chi connectivity index (χ0v) is 19.8. The number of aromatic nitrogens is 1. The predicted octanol–water partition coefficient (Wildman–Crippen LogP) is 5.42. The first kappa shape index (κ1) is 23.0. The monoisotopic (exact) mass is 486 g/mol. The Labute approximate surface area is 191 Å². The molecule has 0 aliphatic heterocycles. The molecule has 0 unspecified atom stereocenters. The van der Waals surface area contributed by atoms with Crippen molar-refractivity contribution in [2.24, 2.45) is 0 Å². The Balaban J connectivity index is 1.55. The molecule has 0 saturated heterocycles. The van der Waals surface area contributed by atoms with E-state index >= 15 is 0 Å². The fourth-order valence-electron chi connectivity index (χ4n) is 2.98. The quantitative estimate of drug-likeness (QED) is 0.406. The Morgan fingerprint density at radius 3 is 2.58 bits per heavy atom. The van der Waals surface area contributed by atoms with Crippen molar-refractivity contribution in [3.8, 4) is 17.2 Å². The van der Waals surface area contributed by atoms with Gasteiger partial charge in [-0.1, -0.05) is 34.1 Å². The lowest BCUT2D eigenvalue weighted by molar-refractivity contribution is -0.158. The molecular formula is C24H27BrN2O4. The van der Waals surface area contributed by atoms with Crippen molar-refractivity contribution < 1.29 is 18.7 Å². The van der Waals surface area contributed by atoms with Gasteiger partial charge in [0.1, 0.15) is 11.5 Å². The maximum absolute atomic E-state index is 12.0. The molecular weight excluding hydrogens is 460 g/mol. The van der Waals surface area contributed by atoms with Crippen LogP contribution in [0, 0.1) is 6.92 Å². The number of carbonyl (C=O) groups excluding carboxylic acids is 1. The molecule has 0 fully saturated rings. The standard InChI is InChI=1S/C24H27BrN2O4/c1-5-29-23(28)24(3,4)31-20-11-9-17(10-12-20)14-26-15-21-16(2)30-22(27-21)18-7-6-8-19(25)13-18/h6-13,26H,5,14-15H2,1-4H3. The maximum atomic E-state index is 12.0. The Bertz CT molecular complexity index is 1030. The molecule has 0 aliphatic rings. The van der Waals surface area contributed by atoms with Gasteiger partial charge in [-0.2, -0.15) is 0 Å². The molecule has 0 spiro atoms. The van der Waals surface area contributed by atoms with Crippen molar-refractivity contribution in [1.82, 2.24) is 10.3 Å². The van der Waals surface area contributed by atoms with E-state index in [0.717, 1.165) is 27.1 Å². The lowest BCUT2D eigenvalue weighted by Gasteiger charge is -2.24. The van der Waals surface area contributed by atoms with Gasteiger partial charge in [-0.25, -0.2) is 9.78 Å². The number of ether oxygens (including phenoxy) is 2. The molecule has 0 bridgehead atoms. The molecule has 3 aromatic rings. The van der Waals surface area contributed by atoms with Crippen molar-refractivity contribution in [2.45, 2.75) is 46.4 Å². The zero-order valence-electron chi connectivity index (χ0n) is 18.2. The van der Waals surface area contributed by atoms with Gasteiger partial charge in [-0.3, -0.25) is 0 Å². The van der Waals surface area contributed by atoms with E-state index in [0.29, 0.717) is 31.3 Å². The molecule has 0 saturated carbocycles. The molecule has 1 aromatic heterocycles. The number of esters is 1. The van der Waals surface area contributed by atoms with Gasteiger partial charge in [0.05, 0.1) is 12.3 Å². The van der Waals surface area contributed by atoms with E-state index in [1.807, 2.05) is 55.5 Å². The van der Waals surface area contributed by atoms with Crippen LogP contribution in [-0.4, -0.2) is 23.2 Å². The van der Waals surface area contributed by atoms with Crippen molar-refractivity contribution in [1.29, 1.82) is 0 Å². The second kappa shape index (κ2) is 10.1. The first-order valence-corrected chi connectivity index (χ1v) is 11.0. The van der Waals surface area contributed by atoms with E-state index in [4.69, 9.17) is 13.9 Å². The van der Waals surface area contributed by atoms with Crippen LogP contribution in [0.25, 0.3) is 11.5 Å². The van der Waals surface area contributed by atoms with Gasteiger partial charge in [0.25, 0.3) is 0 Å². The van der Waals surface area contributed by atoms with Crippen LogP contribution in [0.4, 0.5) is 0 Å². The fraction of sp³-hybridized carbons (Fsp3) is 0.333. The molecule has 6 nitrogen and oxygen atoms in total. The van der Waals surface area contributed by atoms with E-state index in [-0.39, 0.29) is 5.97 Å². The summed E-state index contributed by atoms with van der Waals surface area (Å²) in [7, 11) is 0. The van der Waals surface area contributed by atoms with Crippen LogP contribution in [0.3, 0.4) is 0 Å². The first-order valence-electron chi connectivity index (χ1n) is 10.2. The second-order valence-corrected chi connectivity index (χ2v) is 8.53. The second-order valence-electron chi connectivity index (χ2n) is 7.61. The summed E-state index contributed by atoms with van der Waals surface area (Å²) in [6.45, 7) is 8.68. The smallest absolute Gasteiger partial charge is 0.349 e. The number of benzene rings is 2. The molecule has 1 N–H and O–H groups in total. The summed E-state index contributed by atoms with van der Waals surface area (Å²) >= 11 is 3.47. The summed E-state index contributed by atoms with van der Waals surface area (Å²) in [5.74, 6) is 1.65. The molecule has 0 aliphatic carbocycles. The van der Waals surface area contributed by atoms with E-state index in [1.54, 1.807) is 20.8 Å². The number of carbonyl (C=O) groups is 1. The first-order chi connectivity index (χ1) is 14.8. The van der Waals surface area contributed by atoms with Crippen molar-refractivity contribution in [3.63, 3.8) is 0 Å². The van der Waals surface area contributed by atoms with Gasteiger partial charge >= 0.3 is 5.97 Å². The van der Waals surface area contributed by atoms with Crippen LogP contribution in [0.5, 0.6) is 5.75 Å². The average Bonchev–Trinajstić information content (AvgIpc) is 3.10. The van der Waals surface area contributed by atoms with E-state index in [9.17, 15) is 4.79 Å². The minimum Gasteiger partial charge on any atom is -0.476 e. The number of hydrogen-bond donors (Lipinski definition) is 1. The number of aryl methyl sites for hydroxylation is 1. The fourth-order valence-corrected chi connectivity index (χ4v) is 3.38. The Kier molecular flexibility index (Phi) is 7.51. The number of nitrogens with one attached hydrogen (secondary N) is 1. The lowest BCUT2D eigenvalue weighted by Crippen LogP contribution is -2.39. The third-order valence-electron chi connectivity index (χ3n) is 4.65. The molecule has 2 aromatic carbocycles. The van der Waals surface area contributed by atoms with Gasteiger partial charge in [0, 0.05) is 23.1 Å². The summed E-state index contributed by atoms with van der Waals surface area (Å²) in [5, 5.41) is 3.39. The average molecular weight is 487 g/mol. The largest absolute Gasteiger partial charge is 0.476 e. The Morgan fingerprint density at radius 1 is 1.16 bits per heavy atom. The minimum absolute atomic E-state index is 0.325. The maximum Gasteiger partial charge on any atom is 0.349 e. The molecule has 1 heterocycles. The van der Waals surface area contributed by atoms with Gasteiger partial charge in [-0.05, 0) is 63.6 Å². The highest BCUT2D eigenvalue weighted by Crippen LogP contribution is 2.25. The van der Waals surface area contributed by atoms with Crippen LogP contribution in [0.2, 0.25) is 0 Å². The Hall–Kier alpha value is -2.64. The highest BCUT2D eigenvalue weighted by atomic mass is 79.9. The lowest BCUT2D eigenvalue weighted by atomic mass is 10.1. The highest BCUT2D eigenvalue weighted by molar-refractivity contribution is 9.10. The number of hydrogen-bond acceptors (Lipinski definition) is 6. The van der Waals surface area contributed by atoms with Gasteiger partial charge in [-0.15, -0.1) is 0 Å². The van der Waals surface area contributed by atoms with Gasteiger partial charge < -0.3 is 19.2 Å². The number of nitrogens with zero attached hydrogens (tertiary/aromatic N) is 1. The summed E-state index contributed by atoms with van der Waals surface area (Å²) in [6, 6.07) is 15.5. The van der Waals surface area contributed by atoms with Crippen LogP contribution >= 0.6 is 15.9 Å². The number of oxazole rings is 1. The van der Waals surface area contributed by atoms with Crippen LogP contribution in [-0.2, 0) is 22.6 Å². The van der Waals surface area contributed by atoms with Crippen molar-refractivity contribution >= 4 is 21.9 Å². The van der Waals surface area contributed by atoms with E-state index < -0.39 is 5.60 Å². The third-order valence-corrected chi connectivity index (χ3v) is 5.14. The van der Waals surface area contributed by atoms with Crippen LogP contribution in [0.1, 0.15) is 37.8 Å². The Morgan fingerprint density at radius 2 is 1.90 bits per heavy atom. The third kappa shape index (κ3) is 6.18.